The molecule has 3 aromatic rings. The molecule has 0 saturated carbocycles. The van der Waals surface area contributed by atoms with Gasteiger partial charge in [-0.25, -0.2) is 13.8 Å². The van der Waals surface area contributed by atoms with Gasteiger partial charge in [0.1, 0.15) is 17.4 Å². The zero-order chi connectivity index (χ0) is 22.8. The van der Waals surface area contributed by atoms with E-state index in [1.165, 1.54) is 12.1 Å². The van der Waals surface area contributed by atoms with Crippen LogP contribution >= 0.6 is 11.6 Å². The third-order valence-corrected chi connectivity index (χ3v) is 4.12. The fraction of sp³-hybridized carbons (Fsp3) is 0.105. The fourth-order valence-corrected chi connectivity index (χ4v) is 2.70. The van der Waals surface area contributed by atoms with Crippen molar-refractivity contribution < 1.29 is 36.6 Å². The number of amides is 1. The average molecular weight is 460 g/mol. The van der Waals surface area contributed by atoms with Gasteiger partial charge in [0.2, 0.25) is 5.88 Å². The zero-order valence-electron chi connectivity index (χ0n) is 15.2. The quantitative estimate of drug-likeness (QED) is 0.526. The number of para-hydroxylation sites is 1. The predicted octanol–water partition coefficient (Wildman–Crippen LogP) is 4.97. The normalized spacial score (nSPS) is 11.3. The van der Waals surface area contributed by atoms with E-state index in [1.54, 1.807) is 0 Å². The first kappa shape index (κ1) is 22.2. The Morgan fingerprint density at radius 2 is 1.90 bits per heavy atom. The molecule has 0 aliphatic heterocycles. The number of carbonyl (C=O) groups is 1. The molecule has 2 aromatic carbocycles. The molecule has 1 aromatic heterocycles. The summed E-state index contributed by atoms with van der Waals surface area (Å²) in [5, 5.41) is 11.3. The highest BCUT2D eigenvalue weighted by atomic mass is 35.5. The first-order valence-corrected chi connectivity index (χ1v) is 8.73. The highest BCUT2D eigenvalue weighted by Crippen LogP contribution is 2.33. The van der Waals surface area contributed by atoms with E-state index in [1.807, 2.05) is 0 Å². The summed E-state index contributed by atoms with van der Waals surface area (Å²) in [5.74, 6) is -4.39. The van der Waals surface area contributed by atoms with Crippen LogP contribution in [0.15, 0.2) is 42.7 Å². The van der Waals surface area contributed by atoms with Crippen LogP contribution in [-0.2, 0) is 0 Å². The summed E-state index contributed by atoms with van der Waals surface area (Å²) in [6, 6.07) is 4.92. The number of ether oxygens (including phenoxy) is 1. The number of alkyl halides is 3. The minimum atomic E-state index is -4.76. The number of halogens is 6. The van der Waals surface area contributed by atoms with Crippen molar-refractivity contribution in [2.75, 3.05) is 11.9 Å². The van der Waals surface area contributed by atoms with Crippen molar-refractivity contribution in [2.24, 2.45) is 0 Å². The zero-order valence-corrected chi connectivity index (χ0v) is 15.9. The Morgan fingerprint density at radius 3 is 2.55 bits per heavy atom. The van der Waals surface area contributed by atoms with Gasteiger partial charge in [0, 0.05) is 5.56 Å². The molecule has 2 N–H and O–H groups in total. The number of aromatic hydroxyl groups is 1. The van der Waals surface area contributed by atoms with Gasteiger partial charge in [-0.2, -0.15) is 13.2 Å². The Kier molecular flexibility index (Phi) is 6.25. The van der Waals surface area contributed by atoms with E-state index in [0.29, 0.717) is 6.07 Å². The number of aromatic nitrogens is 2. The van der Waals surface area contributed by atoms with Crippen LogP contribution in [0.25, 0.3) is 11.3 Å². The second-order valence-corrected chi connectivity index (χ2v) is 6.45. The lowest BCUT2D eigenvalue weighted by Gasteiger charge is -2.16. The van der Waals surface area contributed by atoms with Crippen LogP contribution in [0, 0.1) is 11.6 Å². The third-order valence-electron chi connectivity index (χ3n) is 3.80. The number of rotatable bonds is 5. The Labute approximate surface area is 176 Å². The first-order chi connectivity index (χ1) is 14.5. The molecule has 0 radical (unpaired) electrons. The van der Waals surface area contributed by atoms with E-state index in [-0.39, 0.29) is 16.3 Å². The lowest BCUT2D eigenvalue weighted by molar-refractivity contribution is -0.153. The number of nitrogens with zero attached hydrogens (tertiary/aromatic N) is 2. The molecule has 162 valence electrons. The maximum absolute atomic E-state index is 14.7. The van der Waals surface area contributed by atoms with Crippen molar-refractivity contribution in [1.29, 1.82) is 0 Å². The van der Waals surface area contributed by atoms with Gasteiger partial charge in [0.25, 0.3) is 5.91 Å². The predicted molar refractivity (Wildman–Crippen MR) is 100 cm³/mol. The Bertz CT molecular complexity index is 1120. The van der Waals surface area contributed by atoms with Gasteiger partial charge < -0.3 is 15.2 Å². The Hall–Kier alpha value is -3.47. The lowest BCUT2D eigenvalue weighted by atomic mass is 10.1. The van der Waals surface area contributed by atoms with Crippen LogP contribution in [0.5, 0.6) is 11.6 Å². The van der Waals surface area contributed by atoms with E-state index in [2.05, 4.69) is 20.0 Å². The first-order valence-electron chi connectivity index (χ1n) is 8.35. The summed E-state index contributed by atoms with van der Waals surface area (Å²) in [7, 11) is 0. The molecular formula is C19H11ClF5N3O3. The molecule has 0 unspecified atom stereocenters. The summed E-state index contributed by atoms with van der Waals surface area (Å²) in [6.07, 6.45) is -2.76. The summed E-state index contributed by atoms with van der Waals surface area (Å²) in [4.78, 5) is 19.8. The molecule has 0 aliphatic rings. The minimum Gasteiger partial charge on any atom is -0.492 e. The molecule has 0 fully saturated rings. The SMILES string of the molecule is O=C(Nc1c(F)cccc1Cl)c1cc(F)c(-c2cncc(O)n2)cc1OCC(F)(F)F. The Balaban J connectivity index is 2.05. The summed E-state index contributed by atoms with van der Waals surface area (Å²) < 4.78 is 71.3. The number of nitrogens with one attached hydrogen (secondary N) is 1. The molecular weight excluding hydrogens is 449 g/mol. The molecule has 31 heavy (non-hydrogen) atoms. The lowest BCUT2D eigenvalue weighted by Crippen LogP contribution is -2.22. The number of carbonyl (C=O) groups excluding carboxylic acids is 1. The summed E-state index contributed by atoms with van der Waals surface area (Å²) >= 11 is 5.83. The highest BCUT2D eigenvalue weighted by molar-refractivity contribution is 6.34. The molecule has 1 heterocycles. The smallest absolute Gasteiger partial charge is 0.422 e. The van der Waals surface area contributed by atoms with Crippen LogP contribution in [0.1, 0.15) is 10.4 Å². The van der Waals surface area contributed by atoms with Gasteiger partial charge in [0.05, 0.1) is 34.4 Å². The molecule has 0 aliphatic carbocycles. The molecule has 3 rings (SSSR count). The maximum Gasteiger partial charge on any atom is 0.422 e. The van der Waals surface area contributed by atoms with Gasteiger partial charge in [0.15, 0.2) is 6.61 Å². The van der Waals surface area contributed by atoms with Gasteiger partial charge in [-0.05, 0) is 24.3 Å². The van der Waals surface area contributed by atoms with Crippen molar-refractivity contribution >= 4 is 23.2 Å². The average Bonchev–Trinajstić information content (AvgIpc) is 2.69. The van der Waals surface area contributed by atoms with Crippen LogP contribution in [0.2, 0.25) is 5.02 Å². The standard InChI is InChI=1S/C19H11ClF5N3O3/c20-11-2-1-3-12(21)17(11)28-18(30)10-4-13(22)9(14-6-26-7-16(29)27-14)5-15(10)31-8-19(23,24)25/h1-7H,8H2,(H,27,29)(H,28,30). The van der Waals surface area contributed by atoms with E-state index < -0.39 is 53.2 Å². The van der Waals surface area contributed by atoms with Gasteiger partial charge >= 0.3 is 6.18 Å². The van der Waals surface area contributed by atoms with E-state index in [9.17, 15) is 31.9 Å². The van der Waals surface area contributed by atoms with Crippen molar-refractivity contribution in [3.63, 3.8) is 0 Å². The molecule has 0 atom stereocenters. The minimum absolute atomic E-state index is 0.182. The second-order valence-electron chi connectivity index (χ2n) is 6.05. The van der Waals surface area contributed by atoms with Crippen molar-refractivity contribution in [3.8, 4) is 22.9 Å². The number of benzene rings is 2. The molecule has 12 heteroatoms. The maximum atomic E-state index is 14.7. The monoisotopic (exact) mass is 459 g/mol. The summed E-state index contributed by atoms with van der Waals surface area (Å²) in [6.45, 7) is -1.79. The number of anilines is 1. The number of hydrogen-bond donors (Lipinski definition) is 2. The second kappa shape index (κ2) is 8.72. The van der Waals surface area contributed by atoms with Crippen LogP contribution in [0.4, 0.5) is 27.6 Å². The van der Waals surface area contributed by atoms with Gasteiger partial charge in [-0.1, -0.05) is 17.7 Å². The highest BCUT2D eigenvalue weighted by Gasteiger charge is 2.30. The molecule has 0 bridgehead atoms. The fourth-order valence-electron chi connectivity index (χ4n) is 2.49. The van der Waals surface area contributed by atoms with Gasteiger partial charge in [-0.3, -0.25) is 9.78 Å². The van der Waals surface area contributed by atoms with Crippen LogP contribution in [-0.4, -0.2) is 33.8 Å². The van der Waals surface area contributed by atoms with E-state index >= 15 is 0 Å². The number of hydrogen-bond acceptors (Lipinski definition) is 5. The molecule has 0 saturated heterocycles. The van der Waals surface area contributed by atoms with Crippen molar-refractivity contribution in [1.82, 2.24) is 9.97 Å². The van der Waals surface area contributed by atoms with Crippen molar-refractivity contribution in [2.45, 2.75) is 6.18 Å². The largest absolute Gasteiger partial charge is 0.492 e. The molecule has 6 nitrogen and oxygen atoms in total. The van der Waals surface area contributed by atoms with Gasteiger partial charge in [-0.15, -0.1) is 0 Å². The summed E-state index contributed by atoms with van der Waals surface area (Å²) in [5.41, 5.74) is -1.71. The van der Waals surface area contributed by atoms with Crippen LogP contribution < -0.4 is 10.1 Å². The Morgan fingerprint density at radius 1 is 1.16 bits per heavy atom. The van der Waals surface area contributed by atoms with E-state index in [4.69, 9.17) is 11.6 Å². The van der Waals surface area contributed by atoms with Crippen LogP contribution in [0.3, 0.4) is 0 Å². The van der Waals surface area contributed by atoms with Crippen molar-refractivity contribution in [3.05, 3.63) is 64.9 Å². The third kappa shape index (κ3) is 5.37. The molecule has 1 amide bonds. The topological polar surface area (TPSA) is 84.3 Å². The molecule has 0 spiro atoms. The van der Waals surface area contributed by atoms with E-state index in [0.717, 1.165) is 24.5 Å².